The molecule has 0 aliphatic carbocycles. The Morgan fingerprint density at radius 3 is 1.34 bits per heavy atom. The molecule has 3 rings (SSSR count). The first kappa shape index (κ1) is 24.4. The molecule has 3 aromatic carbocycles. The van der Waals surface area contributed by atoms with E-state index in [0.29, 0.717) is 0 Å². The molecule has 0 N–H and O–H groups in total. The summed E-state index contributed by atoms with van der Waals surface area (Å²) >= 11 is 0. The molecule has 0 bridgehead atoms. The van der Waals surface area contributed by atoms with Crippen LogP contribution in [0.2, 0.25) is 0 Å². The van der Waals surface area contributed by atoms with Crippen LogP contribution >= 0.6 is 0 Å². The van der Waals surface area contributed by atoms with Crippen LogP contribution in [0.1, 0.15) is 90.2 Å². The van der Waals surface area contributed by atoms with Gasteiger partial charge in [-0.25, -0.2) is 0 Å². The second-order valence-corrected chi connectivity index (χ2v) is 8.90. The van der Waals surface area contributed by atoms with Gasteiger partial charge in [-0.15, -0.1) is 0 Å². The van der Waals surface area contributed by atoms with Gasteiger partial charge < -0.3 is 9.47 Å². The third kappa shape index (κ3) is 5.77. The molecule has 2 nitrogen and oxygen atoms in total. The summed E-state index contributed by atoms with van der Waals surface area (Å²) in [4.78, 5) is 0. The Morgan fingerprint density at radius 2 is 0.969 bits per heavy atom. The van der Waals surface area contributed by atoms with Gasteiger partial charge in [-0.1, -0.05) is 90.5 Å². The third-order valence-corrected chi connectivity index (χ3v) is 6.50. The quantitative estimate of drug-likeness (QED) is 0.186. The van der Waals surface area contributed by atoms with Crippen molar-refractivity contribution in [2.24, 2.45) is 0 Å². The second-order valence-electron chi connectivity index (χ2n) is 8.90. The van der Waals surface area contributed by atoms with Crippen LogP contribution < -0.4 is 9.47 Å². The Balaban J connectivity index is 2.08. The number of hydrogen-bond donors (Lipinski definition) is 0. The van der Waals surface area contributed by atoms with Gasteiger partial charge >= 0.3 is 0 Å². The maximum atomic E-state index is 6.51. The van der Waals surface area contributed by atoms with Crippen molar-refractivity contribution in [1.82, 2.24) is 0 Å². The van der Waals surface area contributed by atoms with E-state index in [0.717, 1.165) is 50.4 Å². The Morgan fingerprint density at radius 1 is 0.531 bits per heavy atom. The monoisotopic (exact) mass is 434 g/mol. The van der Waals surface area contributed by atoms with Crippen LogP contribution in [0.3, 0.4) is 0 Å². The van der Waals surface area contributed by atoms with Crippen molar-refractivity contribution in [3.05, 3.63) is 47.5 Å². The van der Waals surface area contributed by atoms with Gasteiger partial charge in [-0.05, 0) is 48.9 Å². The molecule has 0 saturated carbocycles. The third-order valence-electron chi connectivity index (χ3n) is 6.50. The molecule has 0 aliphatic rings. The summed E-state index contributed by atoms with van der Waals surface area (Å²) in [5.74, 6) is 2.06. The second kappa shape index (κ2) is 12.7. The fourth-order valence-corrected chi connectivity index (χ4v) is 4.61. The molecule has 0 unspecified atom stereocenters. The van der Waals surface area contributed by atoms with Gasteiger partial charge in [0.2, 0.25) is 0 Å². The zero-order valence-electron chi connectivity index (χ0n) is 20.8. The molecule has 0 aliphatic heterocycles. The van der Waals surface area contributed by atoms with E-state index in [1.807, 2.05) is 0 Å². The molecule has 0 amide bonds. The molecule has 0 saturated heterocycles. The van der Waals surface area contributed by atoms with Crippen LogP contribution in [0.4, 0.5) is 0 Å². The van der Waals surface area contributed by atoms with Gasteiger partial charge in [-0.2, -0.15) is 0 Å². The van der Waals surface area contributed by atoms with Gasteiger partial charge in [0, 0.05) is 21.5 Å². The van der Waals surface area contributed by atoms with Gasteiger partial charge in [0.1, 0.15) is 11.5 Å². The maximum absolute atomic E-state index is 6.51. The summed E-state index contributed by atoms with van der Waals surface area (Å²) in [7, 11) is 0. The van der Waals surface area contributed by atoms with E-state index in [-0.39, 0.29) is 0 Å². The topological polar surface area (TPSA) is 18.5 Å². The maximum Gasteiger partial charge on any atom is 0.135 e. The lowest BCUT2D eigenvalue weighted by molar-refractivity contribution is 0.307. The smallest absolute Gasteiger partial charge is 0.135 e. The first-order valence-corrected chi connectivity index (χ1v) is 13.0. The highest BCUT2D eigenvalue weighted by molar-refractivity contribution is 6.11. The van der Waals surface area contributed by atoms with Crippen LogP contribution in [0.15, 0.2) is 36.4 Å². The molecule has 0 heterocycles. The first-order chi connectivity index (χ1) is 15.7. The van der Waals surface area contributed by atoms with Crippen LogP contribution in [-0.2, 0) is 12.8 Å². The number of ether oxygens (including phenoxy) is 2. The highest BCUT2D eigenvalue weighted by Gasteiger charge is 2.18. The molecule has 0 radical (unpaired) electrons. The number of hydrogen-bond acceptors (Lipinski definition) is 2. The van der Waals surface area contributed by atoms with Crippen molar-refractivity contribution in [1.29, 1.82) is 0 Å². The minimum Gasteiger partial charge on any atom is -0.492 e. The van der Waals surface area contributed by atoms with Crippen molar-refractivity contribution in [3.8, 4) is 11.5 Å². The highest BCUT2D eigenvalue weighted by atomic mass is 16.5. The molecular weight excluding hydrogens is 392 g/mol. The lowest BCUT2D eigenvalue weighted by atomic mass is 9.93. The average molecular weight is 435 g/mol. The average Bonchev–Trinajstić information content (AvgIpc) is 2.83. The van der Waals surface area contributed by atoms with Crippen molar-refractivity contribution < 1.29 is 9.47 Å². The Hall–Kier alpha value is -2.22. The first-order valence-electron chi connectivity index (χ1n) is 13.0. The van der Waals surface area contributed by atoms with Crippen molar-refractivity contribution in [3.63, 3.8) is 0 Å². The van der Waals surface area contributed by atoms with Crippen LogP contribution in [-0.4, -0.2) is 13.2 Å². The number of rotatable bonds is 14. The molecule has 174 valence electrons. The Bertz CT molecular complexity index is 909. The number of aryl methyl sites for hydroxylation is 2. The van der Waals surface area contributed by atoms with E-state index in [2.05, 4.69) is 64.1 Å². The fourth-order valence-electron chi connectivity index (χ4n) is 4.61. The van der Waals surface area contributed by atoms with E-state index >= 15 is 0 Å². The predicted octanol–water partition coefficient (Wildman–Crippen LogP) is 9.04. The molecule has 32 heavy (non-hydrogen) atoms. The fraction of sp³-hybridized carbons (Fsp3) is 0.533. The van der Waals surface area contributed by atoms with E-state index in [4.69, 9.17) is 9.47 Å². The minimum absolute atomic E-state index is 0.771. The summed E-state index contributed by atoms with van der Waals surface area (Å²) < 4.78 is 13.0. The molecule has 0 spiro atoms. The summed E-state index contributed by atoms with van der Waals surface area (Å²) in [5, 5.41) is 4.75. The zero-order chi connectivity index (χ0) is 22.8. The minimum atomic E-state index is 0.771. The van der Waals surface area contributed by atoms with E-state index < -0.39 is 0 Å². The largest absolute Gasteiger partial charge is 0.492 e. The number of benzene rings is 3. The van der Waals surface area contributed by atoms with Crippen LogP contribution in [0.25, 0.3) is 21.5 Å². The predicted molar refractivity (Wildman–Crippen MR) is 139 cm³/mol. The van der Waals surface area contributed by atoms with Crippen LogP contribution in [0.5, 0.6) is 11.5 Å². The van der Waals surface area contributed by atoms with Gasteiger partial charge in [0.25, 0.3) is 0 Å². The van der Waals surface area contributed by atoms with E-state index in [9.17, 15) is 0 Å². The van der Waals surface area contributed by atoms with Crippen molar-refractivity contribution in [2.75, 3.05) is 13.2 Å². The Kier molecular flexibility index (Phi) is 9.71. The molecular formula is C30H42O2. The molecule has 0 aromatic heterocycles. The summed E-state index contributed by atoms with van der Waals surface area (Å²) in [5.41, 5.74) is 2.83. The molecule has 0 atom stereocenters. The summed E-state index contributed by atoms with van der Waals surface area (Å²) in [6, 6.07) is 13.4. The van der Waals surface area contributed by atoms with Crippen molar-refractivity contribution >= 4 is 21.5 Å². The SMILES string of the molecule is CCCCCCOc1c2ccccc2c(OCCCCCC)c2cc(CC)c(CC)cc12. The standard InChI is InChI=1S/C30H42O2/c1-5-9-11-15-19-31-29-25-17-13-14-18-26(25)30(32-20-16-12-10-6-2)28-22-24(8-4)23(7-3)21-27(28)29/h13-14,17-18,21-22H,5-12,15-16,19-20H2,1-4H3. The molecule has 3 aromatic rings. The van der Waals surface area contributed by atoms with Gasteiger partial charge in [-0.3, -0.25) is 0 Å². The number of unbranched alkanes of at least 4 members (excludes halogenated alkanes) is 6. The normalized spacial score (nSPS) is 11.4. The van der Waals surface area contributed by atoms with E-state index in [1.54, 1.807) is 0 Å². The lowest BCUT2D eigenvalue weighted by Crippen LogP contribution is -2.03. The summed E-state index contributed by atoms with van der Waals surface area (Å²) in [6.45, 7) is 10.5. The van der Waals surface area contributed by atoms with Gasteiger partial charge in [0.05, 0.1) is 13.2 Å². The van der Waals surface area contributed by atoms with Crippen LogP contribution in [0, 0.1) is 0 Å². The lowest BCUT2D eigenvalue weighted by Gasteiger charge is -2.20. The molecule has 2 heteroatoms. The number of fused-ring (bicyclic) bond motifs is 2. The van der Waals surface area contributed by atoms with Crippen molar-refractivity contribution in [2.45, 2.75) is 91.9 Å². The Labute approximate surface area is 195 Å². The van der Waals surface area contributed by atoms with E-state index in [1.165, 1.54) is 71.2 Å². The zero-order valence-corrected chi connectivity index (χ0v) is 20.8. The highest BCUT2D eigenvalue weighted by Crippen LogP contribution is 2.44. The van der Waals surface area contributed by atoms with Gasteiger partial charge in [0.15, 0.2) is 0 Å². The molecule has 0 fully saturated rings. The summed E-state index contributed by atoms with van der Waals surface area (Å²) in [6.07, 6.45) is 11.8.